The maximum atomic E-state index is 6.74. The van der Waals surface area contributed by atoms with Gasteiger partial charge in [0.05, 0.1) is 0 Å². The monoisotopic (exact) mass is 263 g/mol. The van der Waals surface area contributed by atoms with Crippen LogP contribution in [0.1, 0.15) is 79.1 Å². The van der Waals surface area contributed by atoms with Gasteiger partial charge in [0.2, 0.25) is 0 Å². The van der Waals surface area contributed by atoms with Crippen LogP contribution in [-0.4, -0.2) is 6.04 Å². The van der Waals surface area contributed by atoms with E-state index < -0.39 is 0 Å². The van der Waals surface area contributed by atoms with E-state index in [0.29, 0.717) is 22.3 Å². The molecular formula is C18H33N. The van der Waals surface area contributed by atoms with Crippen LogP contribution in [0.4, 0.5) is 0 Å². The van der Waals surface area contributed by atoms with Crippen LogP contribution in [0.5, 0.6) is 0 Å². The van der Waals surface area contributed by atoms with Gasteiger partial charge in [-0.2, -0.15) is 0 Å². The predicted octanol–water partition coefficient (Wildman–Crippen LogP) is 4.75. The molecule has 110 valence electrons. The molecule has 1 nitrogen and oxygen atoms in total. The van der Waals surface area contributed by atoms with Gasteiger partial charge in [-0.25, -0.2) is 0 Å². The molecule has 0 radical (unpaired) electrons. The van der Waals surface area contributed by atoms with Crippen LogP contribution in [0.25, 0.3) is 0 Å². The SMILES string of the molecule is CC(C)(C)CCC(N)C12CC3CC(CC(C)(C3)C1)C2. The second-order valence-corrected chi connectivity index (χ2v) is 9.84. The van der Waals surface area contributed by atoms with Crippen molar-refractivity contribution in [2.75, 3.05) is 0 Å². The summed E-state index contributed by atoms with van der Waals surface area (Å²) in [5.41, 5.74) is 8.33. The van der Waals surface area contributed by atoms with E-state index in [1.54, 1.807) is 0 Å². The summed E-state index contributed by atoms with van der Waals surface area (Å²) < 4.78 is 0. The van der Waals surface area contributed by atoms with Crippen molar-refractivity contribution in [1.82, 2.24) is 0 Å². The van der Waals surface area contributed by atoms with E-state index in [1.165, 1.54) is 51.4 Å². The highest BCUT2D eigenvalue weighted by molar-refractivity contribution is 5.09. The first-order chi connectivity index (χ1) is 8.70. The largest absolute Gasteiger partial charge is 0.327 e. The minimum atomic E-state index is 0.434. The van der Waals surface area contributed by atoms with E-state index in [4.69, 9.17) is 5.73 Å². The molecule has 2 N–H and O–H groups in total. The zero-order valence-corrected chi connectivity index (χ0v) is 13.5. The molecule has 4 saturated carbocycles. The molecule has 0 aromatic carbocycles. The Morgan fingerprint density at radius 3 is 2.16 bits per heavy atom. The fraction of sp³-hybridized carbons (Fsp3) is 1.00. The van der Waals surface area contributed by atoms with Crippen molar-refractivity contribution in [2.45, 2.75) is 85.1 Å². The van der Waals surface area contributed by atoms with Crippen molar-refractivity contribution in [2.24, 2.45) is 33.8 Å². The summed E-state index contributed by atoms with van der Waals surface area (Å²) in [4.78, 5) is 0. The fourth-order valence-electron chi connectivity index (χ4n) is 6.13. The molecule has 4 aliphatic carbocycles. The molecule has 3 atom stereocenters. The molecule has 0 heterocycles. The quantitative estimate of drug-likeness (QED) is 0.781. The Hall–Kier alpha value is -0.0400. The molecule has 19 heavy (non-hydrogen) atoms. The topological polar surface area (TPSA) is 26.0 Å². The average molecular weight is 263 g/mol. The lowest BCUT2D eigenvalue weighted by Gasteiger charge is -2.63. The van der Waals surface area contributed by atoms with Crippen molar-refractivity contribution in [3.63, 3.8) is 0 Å². The molecule has 0 aromatic heterocycles. The standard InChI is InChI=1S/C18H33N/c1-16(2,3)6-5-15(19)18-10-13-7-14(11-18)9-17(4,8-13)12-18/h13-15H,5-12,19H2,1-4H3. The van der Waals surface area contributed by atoms with Crippen molar-refractivity contribution in [3.05, 3.63) is 0 Å². The third-order valence-electron chi connectivity index (χ3n) is 6.39. The summed E-state index contributed by atoms with van der Waals surface area (Å²) in [6.45, 7) is 9.60. The molecule has 0 amide bonds. The first kappa shape index (κ1) is 13.9. The van der Waals surface area contributed by atoms with Gasteiger partial charge in [-0.1, -0.05) is 27.7 Å². The van der Waals surface area contributed by atoms with E-state index in [2.05, 4.69) is 27.7 Å². The van der Waals surface area contributed by atoms with Gasteiger partial charge in [-0.15, -0.1) is 0 Å². The van der Waals surface area contributed by atoms with E-state index in [0.717, 1.165) is 11.8 Å². The molecule has 4 fully saturated rings. The predicted molar refractivity (Wildman–Crippen MR) is 81.9 cm³/mol. The Balaban J connectivity index is 1.72. The lowest BCUT2D eigenvalue weighted by Crippen LogP contribution is -2.57. The van der Waals surface area contributed by atoms with Crippen LogP contribution < -0.4 is 5.73 Å². The van der Waals surface area contributed by atoms with E-state index in [9.17, 15) is 0 Å². The summed E-state index contributed by atoms with van der Waals surface area (Å²) in [7, 11) is 0. The Morgan fingerprint density at radius 1 is 1.11 bits per heavy atom. The normalized spacial score (nSPS) is 46.6. The molecule has 0 spiro atoms. The van der Waals surface area contributed by atoms with Gasteiger partial charge in [-0.3, -0.25) is 0 Å². The zero-order chi connectivity index (χ0) is 13.9. The van der Waals surface area contributed by atoms with Crippen LogP contribution >= 0.6 is 0 Å². The van der Waals surface area contributed by atoms with Gasteiger partial charge < -0.3 is 5.73 Å². The first-order valence-corrected chi connectivity index (χ1v) is 8.45. The lowest BCUT2D eigenvalue weighted by atomic mass is 9.43. The van der Waals surface area contributed by atoms with E-state index in [1.807, 2.05) is 0 Å². The molecule has 0 aliphatic heterocycles. The lowest BCUT2D eigenvalue weighted by molar-refractivity contribution is -0.114. The van der Waals surface area contributed by atoms with Crippen LogP contribution in [0.15, 0.2) is 0 Å². The highest BCUT2D eigenvalue weighted by Crippen LogP contribution is 2.66. The molecule has 0 aromatic rings. The molecule has 4 aliphatic rings. The second kappa shape index (κ2) is 4.23. The number of hydrogen-bond donors (Lipinski definition) is 1. The Bertz CT molecular complexity index is 337. The van der Waals surface area contributed by atoms with Gasteiger partial charge in [0, 0.05) is 6.04 Å². The number of hydrogen-bond acceptors (Lipinski definition) is 1. The van der Waals surface area contributed by atoms with E-state index >= 15 is 0 Å². The summed E-state index contributed by atoms with van der Waals surface area (Å²) in [5, 5.41) is 0. The van der Waals surface area contributed by atoms with Gasteiger partial charge in [0.1, 0.15) is 0 Å². The van der Waals surface area contributed by atoms with Gasteiger partial charge in [0.25, 0.3) is 0 Å². The Labute approximate surface area is 119 Å². The summed E-state index contributed by atoms with van der Waals surface area (Å²) in [6, 6.07) is 0.456. The third-order valence-corrected chi connectivity index (χ3v) is 6.39. The molecule has 0 saturated heterocycles. The van der Waals surface area contributed by atoms with Gasteiger partial charge >= 0.3 is 0 Å². The summed E-state index contributed by atoms with van der Waals surface area (Å²) in [5.74, 6) is 2.01. The Morgan fingerprint density at radius 2 is 1.68 bits per heavy atom. The number of nitrogens with two attached hydrogens (primary N) is 1. The summed E-state index contributed by atoms with van der Waals surface area (Å²) >= 11 is 0. The maximum Gasteiger partial charge on any atom is 0.00961 e. The molecule has 3 unspecified atom stereocenters. The van der Waals surface area contributed by atoms with Crippen molar-refractivity contribution < 1.29 is 0 Å². The van der Waals surface area contributed by atoms with Crippen molar-refractivity contribution in [3.8, 4) is 0 Å². The minimum absolute atomic E-state index is 0.434. The first-order valence-electron chi connectivity index (χ1n) is 8.45. The number of rotatable bonds is 3. The maximum absolute atomic E-state index is 6.74. The highest BCUT2D eigenvalue weighted by Gasteiger charge is 2.57. The van der Waals surface area contributed by atoms with Crippen molar-refractivity contribution in [1.29, 1.82) is 0 Å². The van der Waals surface area contributed by atoms with E-state index in [-0.39, 0.29) is 0 Å². The molecule has 1 heteroatoms. The van der Waals surface area contributed by atoms with Gasteiger partial charge in [-0.05, 0) is 79.4 Å². The van der Waals surface area contributed by atoms with Crippen molar-refractivity contribution >= 4 is 0 Å². The highest BCUT2D eigenvalue weighted by atomic mass is 14.7. The van der Waals surface area contributed by atoms with Crippen LogP contribution in [0, 0.1) is 28.1 Å². The fourth-order valence-corrected chi connectivity index (χ4v) is 6.13. The third kappa shape index (κ3) is 2.60. The van der Waals surface area contributed by atoms with Gasteiger partial charge in [0.15, 0.2) is 0 Å². The molecule has 4 rings (SSSR count). The zero-order valence-electron chi connectivity index (χ0n) is 13.5. The second-order valence-electron chi connectivity index (χ2n) is 9.84. The smallest absolute Gasteiger partial charge is 0.00961 e. The minimum Gasteiger partial charge on any atom is -0.327 e. The Kier molecular flexibility index (Phi) is 3.10. The van der Waals surface area contributed by atoms with Crippen LogP contribution in [0.2, 0.25) is 0 Å². The van der Waals surface area contributed by atoms with Crippen LogP contribution in [-0.2, 0) is 0 Å². The van der Waals surface area contributed by atoms with Crippen LogP contribution in [0.3, 0.4) is 0 Å². The average Bonchev–Trinajstić information content (AvgIpc) is 2.21. The molecule has 4 bridgehead atoms. The summed E-state index contributed by atoms with van der Waals surface area (Å²) in [6.07, 6.45) is 11.4. The molecular weight excluding hydrogens is 230 g/mol.